The summed E-state index contributed by atoms with van der Waals surface area (Å²) in [5, 5.41) is 3.28. The molecule has 17 heavy (non-hydrogen) atoms. The molecule has 0 saturated heterocycles. The monoisotopic (exact) mass is 245 g/mol. The number of halogens is 1. The average molecular weight is 246 g/mol. The summed E-state index contributed by atoms with van der Waals surface area (Å²) >= 11 is 6.11. The first-order valence-corrected chi connectivity index (χ1v) is 6.61. The smallest absolute Gasteiger partial charge is 0.0412 e. The number of nitrogens with two attached hydrogens (primary N) is 1. The van der Waals surface area contributed by atoms with Crippen LogP contribution in [0.3, 0.4) is 0 Å². The fourth-order valence-electron chi connectivity index (χ4n) is 3.00. The summed E-state index contributed by atoms with van der Waals surface area (Å²) in [5.41, 5.74) is 8.42. The van der Waals surface area contributed by atoms with Gasteiger partial charge in [0.25, 0.3) is 0 Å². The Hall–Kier alpha value is -1.21. The lowest BCUT2D eigenvalue weighted by Gasteiger charge is -2.16. The second-order valence-electron chi connectivity index (χ2n) is 4.92. The van der Waals surface area contributed by atoms with Crippen LogP contribution in [0.15, 0.2) is 30.3 Å². The Kier molecular flexibility index (Phi) is 2.71. The van der Waals surface area contributed by atoms with Crippen LogP contribution in [0.4, 0.5) is 5.69 Å². The van der Waals surface area contributed by atoms with Gasteiger partial charge >= 0.3 is 0 Å². The third kappa shape index (κ3) is 1.89. The number of benzene rings is 2. The quantitative estimate of drug-likeness (QED) is 0.722. The molecule has 0 bridgehead atoms. The van der Waals surface area contributed by atoms with Crippen LogP contribution >= 0.6 is 11.6 Å². The highest BCUT2D eigenvalue weighted by molar-refractivity contribution is 6.31. The molecule has 0 heterocycles. The Labute approximate surface area is 107 Å². The molecule has 0 amide bonds. The maximum absolute atomic E-state index is 6.17. The van der Waals surface area contributed by atoms with Crippen LogP contribution in [0.25, 0.3) is 10.8 Å². The lowest BCUT2D eigenvalue weighted by Crippen LogP contribution is -2.00. The van der Waals surface area contributed by atoms with Crippen molar-refractivity contribution in [1.29, 1.82) is 0 Å². The zero-order chi connectivity index (χ0) is 11.8. The van der Waals surface area contributed by atoms with Gasteiger partial charge in [-0.15, -0.1) is 0 Å². The van der Waals surface area contributed by atoms with Crippen LogP contribution in [0, 0.1) is 0 Å². The first-order chi connectivity index (χ1) is 8.25. The fraction of sp³-hybridized carbons (Fsp3) is 0.333. The lowest BCUT2D eigenvalue weighted by atomic mass is 9.91. The summed E-state index contributed by atoms with van der Waals surface area (Å²) in [6, 6.07) is 10.2. The Bertz CT molecular complexity index is 551. The van der Waals surface area contributed by atoms with Gasteiger partial charge in [0.1, 0.15) is 0 Å². The van der Waals surface area contributed by atoms with E-state index in [4.69, 9.17) is 17.3 Å². The first-order valence-electron chi connectivity index (χ1n) is 6.23. The van der Waals surface area contributed by atoms with Crippen LogP contribution in [-0.4, -0.2) is 0 Å². The van der Waals surface area contributed by atoms with Crippen molar-refractivity contribution in [2.45, 2.75) is 31.6 Å². The molecule has 2 heteroatoms. The summed E-state index contributed by atoms with van der Waals surface area (Å²) in [6.45, 7) is 0. The summed E-state index contributed by atoms with van der Waals surface area (Å²) in [6.07, 6.45) is 5.16. The highest BCUT2D eigenvalue weighted by Gasteiger charge is 2.21. The van der Waals surface area contributed by atoms with Crippen molar-refractivity contribution in [3.05, 3.63) is 40.9 Å². The van der Waals surface area contributed by atoms with Gasteiger partial charge < -0.3 is 5.73 Å². The van der Waals surface area contributed by atoms with Gasteiger partial charge in [-0.2, -0.15) is 0 Å². The van der Waals surface area contributed by atoms with Crippen molar-refractivity contribution in [1.82, 2.24) is 0 Å². The molecule has 1 aliphatic carbocycles. The fourth-order valence-corrected chi connectivity index (χ4v) is 3.17. The zero-order valence-electron chi connectivity index (χ0n) is 9.75. The minimum atomic E-state index is 0.622. The van der Waals surface area contributed by atoms with Crippen molar-refractivity contribution in [2.75, 3.05) is 5.73 Å². The Balaban J connectivity index is 2.25. The molecular formula is C15H16ClN. The van der Waals surface area contributed by atoms with Crippen molar-refractivity contribution in [3.63, 3.8) is 0 Å². The molecule has 3 rings (SSSR count). The number of hydrogen-bond acceptors (Lipinski definition) is 1. The zero-order valence-corrected chi connectivity index (χ0v) is 10.5. The van der Waals surface area contributed by atoms with Gasteiger partial charge in [0.2, 0.25) is 0 Å². The van der Waals surface area contributed by atoms with Crippen LogP contribution in [0.1, 0.15) is 37.2 Å². The van der Waals surface area contributed by atoms with E-state index >= 15 is 0 Å². The third-order valence-electron chi connectivity index (χ3n) is 3.82. The Morgan fingerprint density at radius 1 is 1.06 bits per heavy atom. The molecule has 0 aromatic heterocycles. The molecule has 1 aliphatic rings. The molecule has 0 aliphatic heterocycles. The maximum Gasteiger partial charge on any atom is 0.0412 e. The van der Waals surface area contributed by atoms with Gasteiger partial charge in [-0.05, 0) is 53.3 Å². The second-order valence-corrected chi connectivity index (χ2v) is 5.35. The second kappa shape index (κ2) is 4.23. The molecule has 2 aromatic rings. The molecule has 1 saturated carbocycles. The molecule has 1 fully saturated rings. The van der Waals surface area contributed by atoms with Crippen molar-refractivity contribution >= 4 is 28.1 Å². The molecule has 0 unspecified atom stereocenters. The molecule has 0 radical (unpaired) electrons. The number of anilines is 1. The standard InChI is InChI=1S/C15H16ClN/c16-12-7-5-10-6-8-14(17)15(13(10)9-12)11-3-1-2-4-11/h5-9,11H,1-4,17H2. The van der Waals surface area contributed by atoms with Gasteiger partial charge in [0.05, 0.1) is 0 Å². The van der Waals surface area contributed by atoms with E-state index in [0.717, 1.165) is 10.7 Å². The normalized spacial score (nSPS) is 16.8. The highest BCUT2D eigenvalue weighted by Crippen LogP contribution is 2.41. The summed E-state index contributed by atoms with van der Waals surface area (Å²) in [5.74, 6) is 0.622. The topological polar surface area (TPSA) is 26.0 Å². The van der Waals surface area contributed by atoms with E-state index in [9.17, 15) is 0 Å². The third-order valence-corrected chi connectivity index (χ3v) is 4.06. The van der Waals surface area contributed by atoms with Crippen molar-refractivity contribution < 1.29 is 0 Å². The first kappa shape index (κ1) is 10.9. The van der Waals surface area contributed by atoms with E-state index in [0.29, 0.717) is 5.92 Å². The highest BCUT2D eigenvalue weighted by atomic mass is 35.5. The summed E-state index contributed by atoms with van der Waals surface area (Å²) in [4.78, 5) is 0. The Morgan fingerprint density at radius 3 is 2.53 bits per heavy atom. The Morgan fingerprint density at radius 2 is 1.76 bits per heavy atom. The molecule has 1 nitrogen and oxygen atoms in total. The van der Waals surface area contributed by atoms with Crippen LogP contribution in [0.5, 0.6) is 0 Å². The van der Waals surface area contributed by atoms with E-state index in [-0.39, 0.29) is 0 Å². The molecule has 2 aromatic carbocycles. The molecule has 88 valence electrons. The van der Waals surface area contributed by atoms with Gasteiger partial charge in [0.15, 0.2) is 0 Å². The molecule has 0 atom stereocenters. The molecule has 2 N–H and O–H groups in total. The van der Waals surface area contributed by atoms with Crippen LogP contribution in [-0.2, 0) is 0 Å². The molecule has 0 spiro atoms. The number of rotatable bonds is 1. The van der Waals surface area contributed by atoms with E-state index in [1.54, 1.807) is 0 Å². The predicted octanol–water partition coefficient (Wildman–Crippen LogP) is 4.73. The van der Waals surface area contributed by atoms with Crippen molar-refractivity contribution in [3.8, 4) is 0 Å². The average Bonchev–Trinajstić information content (AvgIpc) is 2.82. The van der Waals surface area contributed by atoms with E-state index < -0.39 is 0 Å². The minimum absolute atomic E-state index is 0.622. The van der Waals surface area contributed by atoms with E-state index in [1.165, 1.54) is 42.0 Å². The number of fused-ring (bicyclic) bond motifs is 1. The SMILES string of the molecule is Nc1ccc2ccc(Cl)cc2c1C1CCCC1. The van der Waals surface area contributed by atoms with Crippen LogP contribution in [0.2, 0.25) is 5.02 Å². The summed E-state index contributed by atoms with van der Waals surface area (Å²) in [7, 11) is 0. The van der Waals surface area contributed by atoms with Crippen molar-refractivity contribution in [2.24, 2.45) is 0 Å². The van der Waals surface area contributed by atoms with Crippen LogP contribution < -0.4 is 5.73 Å². The largest absolute Gasteiger partial charge is 0.398 e. The number of hydrogen-bond donors (Lipinski definition) is 1. The van der Waals surface area contributed by atoms with Gasteiger partial charge in [-0.1, -0.05) is 36.6 Å². The summed E-state index contributed by atoms with van der Waals surface area (Å²) < 4.78 is 0. The lowest BCUT2D eigenvalue weighted by molar-refractivity contribution is 0.732. The van der Waals surface area contributed by atoms with Gasteiger partial charge in [0, 0.05) is 10.7 Å². The van der Waals surface area contributed by atoms with E-state index in [1.807, 2.05) is 12.1 Å². The van der Waals surface area contributed by atoms with E-state index in [2.05, 4.69) is 18.2 Å². The maximum atomic E-state index is 6.17. The minimum Gasteiger partial charge on any atom is -0.398 e. The number of nitrogen functional groups attached to an aromatic ring is 1. The predicted molar refractivity (Wildman–Crippen MR) is 74.6 cm³/mol. The van der Waals surface area contributed by atoms with Gasteiger partial charge in [-0.25, -0.2) is 0 Å². The molecular weight excluding hydrogens is 230 g/mol. The van der Waals surface area contributed by atoms with Gasteiger partial charge in [-0.3, -0.25) is 0 Å².